The molecule has 56 heavy (non-hydrogen) atoms. The normalized spacial score (nSPS) is 33.9. The smallest absolute Gasteiger partial charge is 0.107 e. The Bertz CT molecular complexity index is 2230. The molecule has 0 saturated heterocycles. The highest BCUT2D eigenvalue weighted by molar-refractivity contribution is 5.55. The number of hydrogen-bond donors (Lipinski definition) is 1. The van der Waals surface area contributed by atoms with Gasteiger partial charge in [-0.2, -0.15) is 0 Å². The molecule has 0 aromatic carbocycles. The highest BCUT2D eigenvalue weighted by Gasteiger charge is 2.47. The number of nitrogens with zero attached hydrogens (tertiary/aromatic N) is 2. The molecule has 8 aliphatic carbocycles. The summed E-state index contributed by atoms with van der Waals surface area (Å²) in [6.07, 6.45) is 69.2. The summed E-state index contributed by atoms with van der Waals surface area (Å²) in [7, 11) is 0. The Hall–Kier alpha value is -5.02. The van der Waals surface area contributed by atoms with Crippen molar-refractivity contribution in [3.8, 4) is 0 Å². The van der Waals surface area contributed by atoms with Gasteiger partial charge in [-0.25, -0.2) is 0 Å². The minimum atomic E-state index is 0.214. The molecule has 0 aromatic rings. The van der Waals surface area contributed by atoms with Crippen molar-refractivity contribution in [2.75, 3.05) is 0 Å². The Labute approximate surface area is 334 Å². The fraction of sp³-hybridized carbons (Fsp3) is 0.358. The van der Waals surface area contributed by atoms with Crippen molar-refractivity contribution in [2.24, 2.45) is 17.8 Å². The molecule has 3 heteroatoms. The van der Waals surface area contributed by atoms with E-state index in [9.17, 15) is 0 Å². The maximum Gasteiger partial charge on any atom is 0.107 e. The summed E-state index contributed by atoms with van der Waals surface area (Å²) in [6, 6.07) is 1.31. The van der Waals surface area contributed by atoms with Crippen LogP contribution < -0.4 is 5.32 Å². The molecule has 3 nitrogen and oxygen atoms in total. The van der Waals surface area contributed by atoms with Crippen molar-refractivity contribution in [1.29, 1.82) is 0 Å². The fourth-order valence-electron chi connectivity index (χ4n) is 11.8. The van der Waals surface area contributed by atoms with Gasteiger partial charge >= 0.3 is 0 Å². The monoisotopic (exact) mass is 733 g/mol. The van der Waals surface area contributed by atoms with Gasteiger partial charge in [-0.3, -0.25) is 0 Å². The van der Waals surface area contributed by atoms with Gasteiger partial charge in [-0.1, -0.05) is 134 Å². The van der Waals surface area contributed by atoms with Gasteiger partial charge in [0.2, 0.25) is 0 Å². The molecule has 0 aromatic heterocycles. The van der Waals surface area contributed by atoms with Crippen LogP contribution >= 0.6 is 0 Å². The zero-order valence-electron chi connectivity index (χ0n) is 32.7. The van der Waals surface area contributed by atoms with Gasteiger partial charge in [0.05, 0.1) is 24.2 Å². The van der Waals surface area contributed by atoms with Gasteiger partial charge in [0.25, 0.3) is 0 Å². The van der Waals surface area contributed by atoms with E-state index in [1.54, 1.807) is 28.1 Å². The second-order valence-electron chi connectivity index (χ2n) is 17.4. The van der Waals surface area contributed by atoms with Gasteiger partial charge in [0, 0.05) is 29.1 Å². The van der Waals surface area contributed by atoms with E-state index < -0.39 is 0 Å². The van der Waals surface area contributed by atoms with Gasteiger partial charge < -0.3 is 15.1 Å². The maximum absolute atomic E-state index is 4.12. The molecule has 0 saturated carbocycles. The average molecular weight is 734 g/mol. The standard InChI is InChI=1S/C53H55N3/c1-4-16-36(17-5-1)39-22-14-23-42(32-39)55-48-27-12-10-24-44(48)46-33-40(30-31-50(46)55)43-26-15-29-51-53(43)45-25-11-13-28-49(45)56(51)52-35-41(37-18-6-2-7-19-37)34-47(54-52)38-20-8-3-9-21-38/h1-4,6,8,10-11,13-14,16,18,20,22-25,28,30-31,33-35,42-43,45-47,49-50,54H,5,7,9,12,15,17,19,21,26-27,29,32H2. The van der Waals surface area contributed by atoms with Gasteiger partial charge in [0.1, 0.15) is 5.82 Å². The third-order valence-corrected chi connectivity index (χ3v) is 14.3. The molecular formula is C53H55N3. The van der Waals surface area contributed by atoms with Crippen LogP contribution in [0.5, 0.6) is 0 Å². The zero-order chi connectivity index (χ0) is 37.0. The first-order chi connectivity index (χ1) is 27.8. The van der Waals surface area contributed by atoms with Crippen LogP contribution in [0.1, 0.15) is 77.0 Å². The predicted octanol–water partition coefficient (Wildman–Crippen LogP) is 11.7. The maximum atomic E-state index is 4.12. The minimum Gasteiger partial charge on any atom is -0.361 e. The van der Waals surface area contributed by atoms with Crippen LogP contribution in [0.25, 0.3) is 0 Å². The van der Waals surface area contributed by atoms with Crippen molar-refractivity contribution in [3.05, 3.63) is 202 Å². The summed E-state index contributed by atoms with van der Waals surface area (Å²) in [6.45, 7) is 0. The molecule has 1 N–H and O–H groups in total. The molecule has 7 unspecified atom stereocenters. The van der Waals surface area contributed by atoms with Crippen molar-refractivity contribution in [1.82, 2.24) is 15.1 Å². The fourth-order valence-corrected chi connectivity index (χ4v) is 11.8. The Morgan fingerprint density at radius 2 is 1.41 bits per heavy atom. The first kappa shape index (κ1) is 34.2. The summed E-state index contributed by atoms with van der Waals surface area (Å²) in [5, 5.41) is 4.12. The van der Waals surface area contributed by atoms with E-state index in [0.29, 0.717) is 35.9 Å². The second kappa shape index (κ2) is 14.5. The molecule has 0 spiro atoms. The summed E-state index contributed by atoms with van der Waals surface area (Å²) in [5.74, 6) is 2.53. The van der Waals surface area contributed by atoms with Crippen molar-refractivity contribution in [2.45, 2.75) is 101 Å². The lowest BCUT2D eigenvalue weighted by Gasteiger charge is -2.39. The van der Waals surface area contributed by atoms with Crippen LogP contribution in [0, 0.1) is 17.8 Å². The first-order valence-corrected chi connectivity index (χ1v) is 21.9. The SMILES string of the molecule is C1=CCCC(C2=CC(C3=CC=CCC3)NC(N3C4=C(C(C5=CC6C7=C(CCC=C7)N(C7C=CC=C(C8=CC=CCC8)C7)C6C=C5)CCC4)C4C=CC=CC43)=C2)=C1. The van der Waals surface area contributed by atoms with E-state index in [2.05, 4.69) is 155 Å². The lowest BCUT2D eigenvalue weighted by Crippen LogP contribution is -2.43. The summed E-state index contributed by atoms with van der Waals surface area (Å²) >= 11 is 0. The second-order valence-corrected chi connectivity index (χ2v) is 17.4. The highest BCUT2D eigenvalue weighted by atomic mass is 15.3. The summed E-state index contributed by atoms with van der Waals surface area (Å²) in [5.41, 5.74) is 15.4. The number of allylic oxidation sites excluding steroid dienone is 23. The largest absolute Gasteiger partial charge is 0.361 e. The van der Waals surface area contributed by atoms with Crippen molar-refractivity contribution in [3.63, 3.8) is 0 Å². The number of dihydropyridines is 1. The lowest BCUT2D eigenvalue weighted by molar-refractivity contribution is 0.241. The Balaban J connectivity index is 0.933. The molecule has 3 heterocycles. The van der Waals surface area contributed by atoms with Gasteiger partial charge in [-0.05, 0) is 128 Å². The van der Waals surface area contributed by atoms with E-state index in [-0.39, 0.29) is 6.04 Å². The molecule has 0 radical (unpaired) electrons. The summed E-state index contributed by atoms with van der Waals surface area (Å²) < 4.78 is 0. The molecule has 0 amide bonds. The number of nitrogens with one attached hydrogen (secondary N) is 1. The number of fused-ring (bicyclic) bond motifs is 4. The Morgan fingerprint density at radius 3 is 2.25 bits per heavy atom. The zero-order valence-corrected chi connectivity index (χ0v) is 32.7. The Morgan fingerprint density at radius 1 is 0.607 bits per heavy atom. The molecule has 0 bridgehead atoms. The molecule has 11 aliphatic rings. The average Bonchev–Trinajstić information content (AvgIpc) is 3.80. The first-order valence-electron chi connectivity index (χ1n) is 21.9. The summed E-state index contributed by atoms with van der Waals surface area (Å²) in [4.78, 5) is 5.59. The van der Waals surface area contributed by atoms with Crippen molar-refractivity contribution >= 4 is 0 Å². The van der Waals surface area contributed by atoms with Crippen LogP contribution in [0.4, 0.5) is 0 Å². The van der Waals surface area contributed by atoms with Gasteiger partial charge in [-0.15, -0.1) is 0 Å². The van der Waals surface area contributed by atoms with E-state index >= 15 is 0 Å². The topological polar surface area (TPSA) is 18.5 Å². The van der Waals surface area contributed by atoms with E-state index in [0.717, 1.165) is 64.2 Å². The van der Waals surface area contributed by atoms with E-state index in [4.69, 9.17) is 0 Å². The van der Waals surface area contributed by atoms with Crippen molar-refractivity contribution < 1.29 is 0 Å². The van der Waals surface area contributed by atoms with E-state index in [1.165, 1.54) is 46.5 Å². The van der Waals surface area contributed by atoms with Crippen LogP contribution in [-0.2, 0) is 0 Å². The third kappa shape index (κ3) is 5.92. The van der Waals surface area contributed by atoms with E-state index in [1.807, 2.05) is 0 Å². The molecule has 7 atom stereocenters. The number of hydrogen-bond acceptors (Lipinski definition) is 3. The van der Waals surface area contributed by atoms with Crippen LogP contribution in [0.15, 0.2) is 202 Å². The predicted molar refractivity (Wildman–Crippen MR) is 232 cm³/mol. The molecule has 0 fully saturated rings. The lowest BCUT2D eigenvalue weighted by atomic mass is 9.72. The molecular weight excluding hydrogens is 679 g/mol. The Kier molecular flexibility index (Phi) is 8.86. The quantitative estimate of drug-likeness (QED) is 0.293. The van der Waals surface area contributed by atoms with Crippen LogP contribution in [-0.4, -0.2) is 34.0 Å². The molecule has 11 rings (SSSR count). The highest BCUT2D eigenvalue weighted by Crippen LogP contribution is 2.53. The number of rotatable bonds is 6. The van der Waals surface area contributed by atoms with Gasteiger partial charge in [0.15, 0.2) is 0 Å². The molecule has 282 valence electrons. The minimum absolute atomic E-state index is 0.214. The van der Waals surface area contributed by atoms with Crippen LogP contribution in [0.2, 0.25) is 0 Å². The molecule has 3 aliphatic heterocycles. The third-order valence-electron chi connectivity index (χ3n) is 14.3. The van der Waals surface area contributed by atoms with Crippen LogP contribution in [0.3, 0.4) is 0 Å².